The van der Waals surface area contributed by atoms with Crippen molar-refractivity contribution in [2.45, 2.75) is 84.4 Å². The van der Waals surface area contributed by atoms with Gasteiger partial charge in [0.2, 0.25) is 0 Å². The van der Waals surface area contributed by atoms with Crippen molar-refractivity contribution in [2.24, 2.45) is 5.92 Å². The molecule has 0 saturated heterocycles. The Morgan fingerprint density at radius 2 is 1.94 bits per heavy atom. The molecular weight excluding hydrogens is 226 g/mol. The van der Waals surface area contributed by atoms with Crippen molar-refractivity contribution in [3.63, 3.8) is 0 Å². The second kappa shape index (κ2) is 6.55. The van der Waals surface area contributed by atoms with Crippen LogP contribution in [0.25, 0.3) is 0 Å². The summed E-state index contributed by atoms with van der Waals surface area (Å²) in [6.07, 6.45) is 6.27. The van der Waals surface area contributed by atoms with Gasteiger partial charge in [-0.05, 0) is 46.5 Å². The molecule has 0 amide bonds. The molecule has 0 aromatic heterocycles. The highest BCUT2D eigenvalue weighted by atomic mass is 16.6. The van der Waals surface area contributed by atoms with Crippen molar-refractivity contribution in [1.29, 1.82) is 0 Å². The Bertz CT molecular complexity index is 270. The molecule has 0 radical (unpaired) electrons. The van der Waals surface area contributed by atoms with Gasteiger partial charge in [-0.2, -0.15) is 0 Å². The van der Waals surface area contributed by atoms with Crippen LogP contribution >= 0.6 is 0 Å². The highest BCUT2D eigenvalue weighted by Gasteiger charge is 2.28. The fraction of sp³-hybridized carbons (Fsp3) is 0.933. The third-order valence-electron chi connectivity index (χ3n) is 3.66. The average Bonchev–Trinajstić information content (AvgIpc) is 2.27. The fourth-order valence-electron chi connectivity index (χ4n) is 2.70. The van der Waals surface area contributed by atoms with E-state index in [0.717, 1.165) is 0 Å². The highest BCUT2D eigenvalue weighted by molar-refractivity contribution is 5.75. The second-order valence-electron chi connectivity index (χ2n) is 6.48. The van der Waals surface area contributed by atoms with E-state index in [0.29, 0.717) is 12.0 Å². The van der Waals surface area contributed by atoms with Crippen LogP contribution in [0.2, 0.25) is 0 Å². The van der Waals surface area contributed by atoms with Gasteiger partial charge >= 0.3 is 5.97 Å². The van der Waals surface area contributed by atoms with Crippen LogP contribution in [0.15, 0.2) is 0 Å². The summed E-state index contributed by atoms with van der Waals surface area (Å²) in [7, 11) is 0. The summed E-state index contributed by atoms with van der Waals surface area (Å²) >= 11 is 0. The number of carbonyl (C=O) groups is 1. The summed E-state index contributed by atoms with van der Waals surface area (Å²) in [6, 6.07) is 0.271. The van der Waals surface area contributed by atoms with Crippen LogP contribution in [0.4, 0.5) is 0 Å². The topological polar surface area (TPSA) is 38.3 Å². The molecule has 3 nitrogen and oxygen atoms in total. The van der Waals surface area contributed by atoms with Gasteiger partial charge in [-0.25, -0.2) is 0 Å². The van der Waals surface area contributed by atoms with Crippen molar-refractivity contribution in [1.82, 2.24) is 5.32 Å². The Hall–Kier alpha value is -0.570. The van der Waals surface area contributed by atoms with Gasteiger partial charge in [0.1, 0.15) is 11.6 Å². The summed E-state index contributed by atoms with van der Waals surface area (Å²) in [6.45, 7) is 9.88. The van der Waals surface area contributed by atoms with Crippen molar-refractivity contribution < 1.29 is 9.53 Å². The summed E-state index contributed by atoms with van der Waals surface area (Å²) in [5.41, 5.74) is -0.399. The van der Waals surface area contributed by atoms with Crippen LogP contribution in [0.3, 0.4) is 0 Å². The van der Waals surface area contributed by atoms with Gasteiger partial charge < -0.3 is 10.1 Å². The van der Waals surface area contributed by atoms with E-state index in [9.17, 15) is 4.79 Å². The summed E-state index contributed by atoms with van der Waals surface area (Å²) < 4.78 is 5.41. The number of hydrogen-bond donors (Lipinski definition) is 1. The number of esters is 1. The lowest BCUT2D eigenvalue weighted by molar-refractivity contribution is -0.157. The van der Waals surface area contributed by atoms with E-state index in [-0.39, 0.29) is 12.0 Å². The first-order chi connectivity index (χ1) is 8.33. The molecule has 3 heteroatoms. The molecule has 1 aliphatic rings. The minimum absolute atomic E-state index is 0.136. The molecule has 1 saturated carbocycles. The molecular formula is C15H29NO2. The normalized spacial score (nSPS) is 26.7. The Kier molecular flexibility index (Phi) is 5.64. The monoisotopic (exact) mass is 255 g/mol. The van der Waals surface area contributed by atoms with Crippen LogP contribution < -0.4 is 5.32 Å². The number of hydrogen-bond acceptors (Lipinski definition) is 3. The van der Waals surface area contributed by atoms with E-state index in [1.165, 1.54) is 32.1 Å². The molecule has 3 atom stereocenters. The zero-order chi connectivity index (χ0) is 13.8. The predicted octanol–water partition coefficient (Wildman–Crippen LogP) is 3.28. The quantitative estimate of drug-likeness (QED) is 0.784. The molecule has 0 spiro atoms. The maximum absolute atomic E-state index is 11.9. The SMILES string of the molecule is CCC1CCCCC1NC(C)C(=O)OC(C)(C)C. The third kappa shape index (κ3) is 4.97. The average molecular weight is 255 g/mol. The Labute approximate surface area is 112 Å². The van der Waals surface area contributed by atoms with E-state index in [1.807, 2.05) is 27.7 Å². The zero-order valence-electron chi connectivity index (χ0n) is 12.6. The van der Waals surface area contributed by atoms with Crippen LogP contribution in [-0.4, -0.2) is 23.7 Å². The lowest BCUT2D eigenvalue weighted by atomic mass is 9.82. The molecule has 106 valence electrons. The van der Waals surface area contributed by atoms with E-state index in [4.69, 9.17) is 4.74 Å². The van der Waals surface area contributed by atoms with Gasteiger partial charge in [0, 0.05) is 6.04 Å². The minimum Gasteiger partial charge on any atom is -0.459 e. The van der Waals surface area contributed by atoms with Crippen molar-refractivity contribution >= 4 is 5.97 Å². The molecule has 1 aliphatic carbocycles. The molecule has 1 fully saturated rings. The van der Waals surface area contributed by atoms with Crippen LogP contribution in [0, 0.1) is 5.92 Å². The van der Waals surface area contributed by atoms with Gasteiger partial charge in [0.05, 0.1) is 0 Å². The Morgan fingerprint density at radius 3 is 2.50 bits per heavy atom. The van der Waals surface area contributed by atoms with Crippen molar-refractivity contribution in [3.8, 4) is 0 Å². The maximum Gasteiger partial charge on any atom is 0.323 e. The van der Waals surface area contributed by atoms with E-state index in [1.54, 1.807) is 0 Å². The molecule has 0 bridgehead atoms. The van der Waals surface area contributed by atoms with Gasteiger partial charge in [0.15, 0.2) is 0 Å². The fourth-order valence-corrected chi connectivity index (χ4v) is 2.70. The minimum atomic E-state index is -0.399. The van der Waals surface area contributed by atoms with E-state index in [2.05, 4.69) is 12.2 Å². The first-order valence-corrected chi connectivity index (χ1v) is 7.32. The largest absolute Gasteiger partial charge is 0.459 e. The number of rotatable bonds is 4. The molecule has 1 N–H and O–H groups in total. The predicted molar refractivity (Wildman–Crippen MR) is 74.5 cm³/mol. The van der Waals surface area contributed by atoms with E-state index < -0.39 is 5.60 Å². The molecule has 1 rings (SSSR count). The Balaban J connectivity index is 2.47. The van der Waals surface area contributed by atoms with Crippen molar-refractivity contribution in [3.05, 3.63) is 0 Å². The maximum atomic E-state index is 11.9. The summed E-state index contributed by atoms with van der Waals surface area (Å²) in [5.74, 6) is 0.576. The van der Waals surface area contributed by atoms with Crippen LogP contribution in [-0.2, 0) is 9.53 Å². The molecule has 0 aromatic carbocycles. The molecule has 0 heterocycles. The zero-order valence-corrected chi connectivity index (χ0v) is 12.6. The molecule has 3 unspecified atom stereocenters. The van der Waals surface area contributed by atoms with Gasteiger partial charge in [-0.1, -0.05) is 26.2 Å². The number of carbonyl (C=O) groups excluding carboxylic acids is 1. The van der Waals surface area contributed by atoms with Crippen LogP contribution in [0.1, 0.15) is 66.7 Å². The lowest BCUT2D eigenvalue weighted by Crippen LogP contribution is -2.48. The standard InChI is InChI=1S/C15H29NO2/c1-6-12-9-7-8-10-13(12)16-11(2)14(17)18-15(3,4)5/h11-13,16H,6-10H2,1-5H3. The van der Waals surface area contributed by atoms with Gasteiger partial charge in [-0.3, -0.25) is 4.79 Å². The van der Waals surface area contributed by atoms with E-state index >= 15 is 0 Å². The number of ether oxygens (including phenoxy) is 1. The first-order valence-electron chi connectivity index (χ1n) is 7.32. The summed E-state index contributed by atoms with van der Waals surface area (Å²) in [4.78, 5) is 11.9. The van der Waals surface area contributed by atoms with Crippen molar-refractivity contribution in [2.75, 3.05) is 0 Å². The lowest BCUT2D eigenvalue weighted by Gasteiger charge is -2.34. The Morgan fingerprint density at radius 1 is 1.33 bits per heavy atom. The highest BCUT2D eigenvalue weighted by Crippen LogP contribution is 2.27. The van der Waals surface area contributed by atoms with Crippen LogP contribution in [0.5, 0.6) is 0 Å². The van der Waals surface area contributed by atoms with Gasteiger partial charge in [0.25, 0.3) is 0 Å². The smallest absolute Gasteiger partial charge is 0.323 e. The number of nitrogens with one attached hydrogen (secondary N) is 1. The molecule has 0 aromatic rings. The second-order valence-corrected chi connectivity index (χ2v) is 6.48. The van der Waals surface area contributed by atoms with Gasteiger partial charge in [-0.15, -0.1) is 0 Å². The molecule has 18 heavy (non-hydrogen) atoms. The third-order valence-corrected chi connectivity index (χ3v) is 3.66. The first kappa shape index (κ1) is 15.5. The molecule has 0 aliphatic heterocycles. The summed E-state index contributed by atoms with van der Waals surface area (Å²) in [5, 5.41) is 3.47.